The van der Waals surface area contributed by atoms with Crippen LogP contribution in [0.1, 0.15) is 11.1 Å². The second-order valence-corrected chi connectivity index (χ2v) is 3.56. The van der Waals surface area contributed by atoms with E-state index in [-0.39, 0.29) is 0 Å². The van der Waals surface area contributed by atoms with Crippen LogP contribution in [0.25, 0.3) is 0 Å². The van der Waals surface area contributed by atoms with E-state index >= 15 is 0 Å². The monoisotopic (exact) mass is 202 g/mol. The third kappa shape index (κ3) is 1.28. The van der Waals surface area contributed by atoms with Crippen molar-refractivity contribution in [3.63, 3.8) is 0 Å². The lowest BCUT2D eigenvalue weighted by Crippen LogP contribution is -2.37. The Morgan fingerprint density at radius 2 is 2.13 bits per heavy atom. The summed E-state index contributed by atoms with van der Waals surface area (Å²) in [4.78, 5) is 22.2. The van der Waals surface area contributed by atoms with Gasteiger partial charge in [-0.2, -0.15) is 0 Å². The van der Waals surface area contributed by atoms with Crippen LogP contribution in [0.15, 0.2) is 36.4 Å². The quantitative estimate of drug-likeness (QED) is 0.447. The summed E-state index contributed by atoms with van der Waals surface area (Å²) >= 11 is 0. The molecule has 1 N–H and O–H groups in total. The highest BCUT2D eigenvalue weighted by Gasteiger charge is 2.40. The van der Waals surface area contributed by atoms with Crippen LogP contribution in [0, 0.1) is 0 Å². The van der Waals surface area contributed by atoms with Gasteiger partial charge in [0.1, 0.15) is 6.29 Å². The van der Waals surface area contributed by atoms with Crippen molar-refractivity contribution in [3.05, 3.63) is 47.5 Å². The van der Waals surface area contributed by atoms with Gasteiger partial charge in [-0.05, 0) is 17.5 Å². The SMILES string of the molecule is O=CC1(C(=O)O)C=CCc2ccccc21. The molecule has 0 fully saturated rings. The first-order chi connectivity index (χ1) is 7.20. The van der Waals surface area contributed by atoms with Crippen LogP contribution in [0.2, 0.25) is 0 Å². The Bertz CT molecular complexity index is 448. The van der Waals surface area contributed by atoms with Crippen LogP contribution in [0.3, 0.4) is 0 Å². The molecule has 1 unspecified atom stereocenters. The summed E-state index contributed by atoms with van der Waals surface area (Å²) < 4.78 is 0. The minimum absolute atomic E-state index is 0.490. The molecule has 1 aromatic carbocycles. The van der Waals surface area contributed by atoms with E-state index < -0.39 is 11.4 Å². The fourth-order valence-electron chi connectivity index (χ4n) is 1.90. The van der Waals surface area contributed by atoms with Gasteiger partial charge < -0.3 is 9.90 Å². The molecule has 15 heavy (non-hydrogen) atoms. The lowest BCUT2D eigenvalue weighted by Gasteiger charge is -2.25. The summed E-state index contributed by atoms with van der Waals surface area (Å²) in [7, 11) is 0. The van der Waals surface area contributed by atoms with Gasteiger partial charge in [-0.25, -0.2) is 0 Å². The summed E-state index contributed by atoms with van der Waals surface area (Å²) in [6.07, 6.45) is 4.36. The zero-order valence-electron chi connectivity index (χ0n) is 8.01. The van der Waals surface area contributed by atoms with Crippen molar-refractivity contribution in [2.75, 3.05) is 0 Å². The molecule has 1 aromatic rings. The summed E-state index contributed by atoms with van der Waals surface area (Å²) in [5, 5.41) is 9.15. The largest absolute Gasteiger partial charge is 0.480 e. The van der Waals surface area contributed by atoms with Gasteiger partial charge in [-0.15, -0.1) is 0 Å². The molecule has 0 saturated heterocycles. The molecule has 1 aliphatic carbocycles. The molecule has 0 amide bonds. The second-order valence-electron chi connectivity index (χ2n) is 3.56. The Balaban J connectivity index is 2.68. The molecule has 0 heterocycles. The second kappa shape index (κ2) is 3.35. The Hall–Kier alpha value is -1.90. The average Bonchev–Trinajstić information content (AvgIpc) is 2.28. The van der Waals surface area contributed by atoms with E-state index in [4.69, 9.17) is 5.11 Å². The molecule has 3 heteroatoms. The number of carboxylic acids is 1. The Morgan fingerprint density at radius 3 is 2.80 bits per heavy atom. The lowest BCUT2D eigenvalue weighted by molar-refractivity contribution is -0.143. The maximum atomic E-state index is 11.2. The number of hydrogen-bond acceptors (Lipinski definition) is 2. The van der Waals surface area contributed by atoms with Gasteiger partial charge in [0.15, 0.2) is 5.41 Å². The highest BCUT2D eigenvalue weighted by molar-refractivity contribution is 6.02. The number of carboxylic acid groups (broad SMARTS) is 1. The van der Waals surface area contributed by atoms with Gasteiger partial charge in [0.25, 0.3) is 0 Å². The molecular formula is C12H10O3. The fraction of sp³-hybridized carbons (Fsp3) is 0.167. The van der Waals surface area contributed by atoms with Crippen molar-refractivity contribution in [1.82, 2.24) is 0 Å². The van der Waals surface area contributed by atoms with E-state index in [2.05, 4.69) is 0 Å². The first-order valence-corrected chi connectivity index (χ1v) is 4.66. The zero-order chi connectivity index (χ0) is 10.9. The first kappa shape index (κ1) is 9.65. The molecule has 2 rings (SSSR count). The standard InChI is InChI=1S/C12H10O3/c13-8-12(11(14)15)7-3-5-9-4-1-2-6-10(9)12/h1-4,6-8H,5H2,(H,14,15). The maximum Gasteiger partial charge on any atom is 0.325 e. The number of rotatable bonds is 2. The van der Waals surface area contributed by atoms with Gasteiger partial charge in [-0.3, -0.25) is 4.79 Å². The fourth-order valence-corrected chi connectivity index (χ4v) is 1.90. The molecular weight excluding hydrogens is 192 g/mol. The average molecular weight is 202 g/mol. The molecule has 1 atom stereocenters. The summed E-state index contributed by atoms with van der Waals surface area (Å²) in [5.74, 6) is -1.12. The van der Waals surface area contributed by atoms with E-state index in [1.165, 1.54) is 6.08 Å². The van der Waals surface area contributed by atoms with Crippen LogP contribution in [-0.2, 0) is 21.4 Å². The van der Waals surface area contributed by atoms with Crippen LogP contribution in [-0.4, -0.2) is 17.4 Å². The summed E-state index contributed by atoms with van der Waals surface area (Å²) in [6, 6.07) is 7.13. The number of benzene rings is 1. The highest BCUT2D eigenvalue weighted by Crippen LogP contribution is 2.31. The topological polar surface area (TPSA) is 54.4 Å². The number of fused-ring (bicyclic) bond motifs is 1. The van der Waals surface area contributed by atoms with E-state index in [0.29, 0.717) is 18.3 Å². The van der Waals surface area contributed by atoms with Gasteiger partial charge >= 0.3 is 5.97 Å². The third-order valence-electron chi connectivity index (χ3n) is 2.72. The van der Waals surface area contributed by atoms with E-state index in [0.717, 1.165) is 5.56 Å². The normalized spacial score (nSPS) is 23.2. The van der Waals surface area contributed by atoms with E-state index in [1.807, 2.05) is 12.1 Å². The number of aliphatic carboxylic acids is 1. The number of carbonyl (C=O) groups excluding carboxylic acids is 1. The predicted octanol–water partition coefficient (Wildman–Crippen LogP) is 1.32. The van der Waals surface area contributed by atoms with E-state index in [1.54, 1.807) is 18.2 Å². The zero-order valence-corrected chi connectivity index (χ0v) is 8.01. The number of hydrogen-bond donors (Lipinski definition) is 1. The molecule has 0 radical (unpaired) electrons. The van der Waals surface area contributed by atoms with Gasteiger partial charge in [-0.1, -0.05) is 36.4 Å². The van der Waals surface area contributed by atoms with E-state index in [9.17, 15) is 9.59 Å². The lowest BCUT2D eigenvalue weighted by atomic mass is 9.75. The number of allylic oxidation sites excluding steroid dienone is 1. The number of aldehydes is 1. The Labute approximate surface area is 87.0 Å². The molecule has 3 nitrogen and oxygen atoms in total. The van der Waals surface area contributed by atoms with Crippen molar-refractivity contribution in [2.45, 2.75) is 11.8 Å². The molecule has 76 valence electrons. The summed E-state index contributed by atoms with van der Waals surface area (Å²) in [5.41, 5.74) is -0.0148. The maximum absolute atomic E-state index is 11.2. The van der Waals surface area contributed by atoms with Crippen molar-refractivity contribution >= 4 is 12.3 Å². The molecule has 0 bridgehead atoms. The molecule has 1 aliphatic rings. The predicted molar refractivity (Wildman–Crippen MR) is 54.7 cm³/mol. The van der Waals surface area contributed by atoms with Crippen LogP contribution < -0.4 is 0 Å². The van der Waals surface area contributed by atoms with Gasteiger partial charge in [0, 0.05) is 0 Å². The minimum atomic E-state index is -1.49. The van der Waals surface area contributed by atoms with Crippen molar-refractivity contribution in [1.29, 1.82) is 0 Å². The smallest absolute Gasteiger partial charge is 0.325 e. The Kier molecular flexibility index (Phi) is 2.15. The van der Waals surface area contributed by atoms with Crippen LogP contribution in [0.5, 0.6) is 0 Å². The Morgan fingerprint density at radius 1 is 1.40 bits per heavy atom. The van der Waals surface area contributed by atoms with Crippen molar-refractivity contribution < 1.29 is 14.7 Å². The molecule has 0 aliphatic heterocycles. The van der Waals surface area contributed by atoms with Crippen LogP contribution >= 0.6 is 0 Å². The van der Waals surface area contributed by atoms with Crippen LogP contribution in [0.4, 0.5) is 0 Å². The van der Waals surface area contributed by atoms with Crippen molar-refractivity contribution in [2.24, 2.45) is 0 Å². The highest BCUT2D eigenvalue weighted by atomic mass is 16.4. The van der Waals surface area contributed by atoms with Gasteiger partial charge in [0.05, 0.1) is 0 Å². The first-order valence-electron chi connectivity index (χ1n) is 4.66. The molecule has 0 aromatic heterocycles. The number of carbonyl (C=O) groups is 2. The summed E-state index contributed by atoms with van der Waals surface area (Å²) in [6.45, 7) is 0. The third-order valence-corrected chi connectivity index (χ3v) is 2.72. The van der Waals surface area contributed by atoms with Crippen molar-refractivity contribution in [3.8, 4) is 0 Å². The minimum Gasteiger partial charge on any atom is -0.480 e. The molecule has 0 spiro atoms. The molecule has 0 saturated carbocycles. The van der Waals surface area contributed by atoms with Gasteiger partial charge in [0.2, 0.25) is 0 Å².